The highest BCUT2D eigenvalue weighted by molar-refractivity contribution is 14.0. The van der Waals surface area contributed by atoms with E-state index >= 15 is 0 Å². The van der Waals surface area contributed by atoms with E-state index in [0.717, 1.165) is 44.9 Å². The molecule has 0 radical (unpaired) electrons. The third-order valence-electron chi connectivity index (χ3n) is 4.70. The normalized spacial score (nSPS) is 16.6. The monoisotopic (exact) mass is 522 g/mol. The molecule has 0 bridgehead atoms. The van der Waals surface area contributed by atoms with Gasteiger partial charge in [0, 0.05) is 25.2 Å². The lowest BCUT2D eigenvalue weighted by Crippen LogP contribution is -2.49. The van der Waals surface area contributed by atoms with Crippen LogP contribution in [0.5, 0.6) is 0 Å². The summed E-state index contributed by atoms with van der Waals surface area (Å²) >= 11 is 0. The fraction of sp³-hybridized carbons (Fsp3) is 0.650. The molecule has 0 spiro atoms. The van der Waals surface area contributed by atoms with E-state index in [2.05, 4.69) is 52.2 Å². The largest absolute Gasteiger partial charge is 0.357 e. The maximum Gasteiger partial charge on any atom is 0.209 e. The Labute approximate surface area is 187 Å². The molecular weight excluding hydrogens is 487 g/mol. The molecule has 1 aliphatic heterocycles. The number of hydrogen-bond acceptors (Lipinski definition) is 3. The lowest BCUT2D eigenvalue weighted by molar-refractivity contribution is 0.258. The number of rotatable bonds is 7. The summed E-state index contributed by atoms with van der Waals surface area (Å²) in [4.78, 5) is 7.00. The summed E-state index contributed by atoms with van der Waals surface area (Å²) in [6.45, 7) is 8.90. The third kappa shape index (κ3) is 9.09. The predicted octanol–water partition coefficient (Wildman–Crippen LogP) is 2.85. The molecule has 1 saturated heterocycles. The van der Waals surface area contributed by atoms with Crippen molar-refractivity contribution < 1.29 is 8.42 Å². The van der Waals surface area contributed by atoms with Gasteiger partial charge in [-0.3, -0.25) is 4.99 Å². The Bertz CT molecular complexity index is 715. The van der Waals surface area contributed by atoms with Gasteiger partial charge in [-0.15, -0.1) is 24.0 Å². The Hall–Kier alpha value is -0.870. The van der Waals surface area contributed by atoms with Gasteiger partial charge in [0.1, 0.15) is 0 Å². The molecule has 0 saturated carbocycles. The van der Waals surface area contributed by atoms with Crippen LogP contribution in [0.3, 0.4) is 0 Å². The quantitative estimate of drug-likeness (QED) is 0.328. The first-order valence-electron chi connectivity index (χ1n) is 9.74. The van der Waals surface area contributed by atoms with Crippen LogP contribution < -0.4 is 10.0 Å². The molecule has 8 heteroatoms. The van der Waals surface area contributed by atoms with E-state index < -0.39 is 15.6 Å². The number of piperidine rings is 1. The number of nitrogens with zero attached hydrogens (tertiary/aromatic N) is 2. The standard InChI is InChI=1S/C20H34N4O2S.HI/c1-5-21-19(22-16-20(2,3)23-27(4,25)26)24-13-11-18(12-14-24)15-17-9-7-6-8-10-17;/h6-10,18,23H,5,11-16H2,1-4H3,(H,21,22);1H. The van der Waals surface area contributed by atoms with E-state index in [4.69, 9.17) is 4.99 Å². The van der Waals surface area contributed by atoms with Crippen molar-refractivity contribution in [3.8, 4) is 0 Å². The second-order valence-corrected chi connectivity index (χ2v) is 9.80. The van der Waals surface area contributed by atoms with Crippen LogP contribution in [-0.2, 0) is 16.4 Å². The summed E-state index contributed by atoms with van der Waals surface area (Å²) in [5.41, 5.74) is 0.796. The molecule has 1 fully saturated rings. The van der Waals surface area contributed by atoms with Crippen molar-refractivity contribution in [1.29, 1.82) is 0 Å². The van der Waals surface area contributed by atoms with Gasteiger partial charge in [0.15, 0.2) is 5.96 Å². The van der Waals surface area contributed by atoms with Gasteiger partial charge in [0.2, 0.25) is 10.0 Å². The van der Waals surface area contributed by atoms with Gasteiger partial charge >= 0.3 is 0 Å². The molecule has 0 aliphatic carbocycles. The van der Waals surface area contributed by atoms with E-state index in [9.17, 15) is 8.42 Å². The summed E-state index contributed by atoms with van der Waals surface area (Å²) < 4.78 is 25.7. The predicted molar refractivity (Wildman–Crippen MR) is 128 cm³/mol. The van der Waals surface area contributed by atoms with Crippen LogP contribution in [0, 0.1) is 5.92 Å². The van der Waals surface area contributed by atoms with Crippen LogP contribution in [0.15, 0.2) is 35.3 Å². The van der Waals surface area contributed by atoms with Crippen molar-refractivity contribution in [2.75, 3.05) is 32.4 Å². The Balaban J connectivity index is 0.00000392. The van der Waals surface area contributed by atoms with E-state index in [1.807, 2.05) is 13.8 Å². The number of hydrogen-bond donors (Lipinski definition) is 2. The zero-order valence-electron chi connectivity index (χ0n) is 17.4. The van der Waals surface area contributed by atoms with Crippen molar-refractivity contribution in [2.45, 2.75) is 45.6 Å². The van der Waals surface area contributed by atoms with Gasteiger partial charge in [-0.2, -0.15) is 0 Å². The summed E-state index contributed by atoms with van der Waals surface area (Å²) in [5.74, 6) is 1.58. The van der Waals surface area contributed by atoms with Crippen LogP contribution in [0.25, 0.3) is 0 Å². The molecule has 6 nitrogen and oxygen atoms in total. The summed E-state index contributed by atoms with van der Waals surface area (Å²) in [7, 11) is -3.26. The SMILES string of the molecule is CCNC(=NCC(C)(C)NS(C)(=O)=O)N1CCC(Cc2ccccc2)CC1.I. The number of benzene rings is 1. The van der Waals surface area contributed by atoms with Gasteiger partial charge in [0.25, 0.3) is 0 Å². The Morgan fingerprint density at radius 2 is 1.82 bits per heavy atom. The first-order chi connectivity index (χ1) is 12.7. The minimum absolute atomic E-state index is 0. The van der Waals surface area contributed by atoms with E-state index in [0.29, 0.717) is 12.5 Å². The fourth-order valence-corrected chi connectivity index (χ4v) is 4.60. The van der Waals surface area contributed by atoms with Gasteiger partial charge < -0.3 is 10.2 Å². The molecule has 2 rings (SSSR count). The highest BCUT2D eigenvalue weighted by Crippen LogP contribution is 2.21. The number of halogens is 1. The molecule has 1 aromatic rings. The molecule has 0 amide bonds. The maximum absolute atomic E-state index is 11.5. The van der Waals surface area contributed by atoms with Gasteiger partial charge in [-0.1, -0.05) is 30.3 Å². The fourth-order valence-electron chi connectivity index (χ4n) is 3.53. The number of nitrogens with one attached hydrogen (secondary N) is 2. The second kappa shape index (κ2) is 11.3. The smallest absolute Gasteiger partial charge is 0.209 e. The molecule has 0 unspecified atom stereocenters. The minimum Gasteiger partial charge on any atom is -0.357 e. The highest BCUT2D eigenvalue weighted by Gasteiger charge is 2.24. The van der Waals surface area contributed by atoms with Gasteiger partial charge in [-0.05, 0) is 51.5 Å². The topological polar surface area (TPSA) is 73.8 Å². The summed E-state index contributed by atoms with van der Waals surface area (Å²) in [5, 5.41) is 3.35. The lowest BCUT2D eigenvalue weighted by atomic mass is 9.90. The molecule has 1 heterocycles. The second-order valence-electron chi connectivity index (χ2n) is 8.05. The van der Waals surface area contributed by atoms with Crippen molar-refractivity contribution >= 4 is 40.0 Å². The van der Waals surface area contributed by atoms with E-state index in [-0.39, 0.29) is 24.0 Å². The van der Waals surface area contributed by atoms with Crippen LogP contribution in [0.1, 0.15) is 39.2 Å². The zero-order chi connectivity index (χ0) is 19.9. The minimum atomic E-state index is -3.26. The van der Waals surface area contributed by atoms with Crippen molar-refractivity contribution in [2.24, 2.45) is 10.9 Å². The van der Waals surface area contributed by atoms with Crippen LogP contribution >= 0.6 is 24.0 Å². The van der Waals surface area contributed by atoms with E-state index in [1.54, 1.807) is 0 Å². The van der Waals surface area contributed by atoms with Crippen LogP contribution in [0.4, 0.5) is 0 Å². The molecule has 28 heavy (non-hydrogen) atoms. The molecule has 1 aliphatic rings. The number of sulfonamides is 1. The van der Waals surface area contributed by atoms with Crippen molar-refractivity contribution in [3.63, 3.8) is 0 Å². The molecule has 2 N–H and O–H groups in total. The lowest BCUT2D eigenvalue weighted by Gasteiger charge is -2.35. The number of likely N-dealkylation sites (tertiary alicyclic amines) is 1. The molecule has 160 valence electrons. The first kappa shape index (κ1) is 25.2. The molecular formula is C20H35IN4O2S. The van der Waals surface area contributed by atoms with Crippen LogP contribution in [0.2, 0.25) is 0 Å². The number of guanidine groups is 1. The Morgan fingerprint density at radius 3 is 2.36 bits per heavy atom. The molecule has 0 atom stereocenters. The highest BCUT2D eigenvalue weighted by atomic mass is 127. The Morgan fingerprint density at radius 1 is 1.21 bits per heavy atom. The average molecular weight is 522 g/mol. The average Bonchev–Trinajstić information content (AvgIpc) is 2.58. The number of aliphatic imine (C=N–C) groups is 1. The third-order valence-corrected chi connectivity index (χ3v) is 5.63. The summed E-state index contributed by atoms with van der Waals surface area (Å²) in [6.07, 6.45) is 4.60. The van der Waals surface area contributed by atoms with Crippen molar-refractivity contribution in [3.05, 3.63) is 35.9 Å². The summed E-state index contributed by atoms with van der Waals surface area (Å²) in [6, 6.07) is 10.7. The molecule has 1 aromatic carbocycles. The maximum atomic E-state index is 11.5. The van der Waals surface area contributed by atoms with Gasteiger partial charge in [0.05, 0.1) is 12.8 Å². The molecule has 0 aromatic heterocycles. The van der Waals surface area contributed by atoms with Crippen LogP contribution in [-0.4, -0.2) is 57.3 Å². The first-order valence-corrected chi connectivity index (χ1v) is 11.6. The van der Waals surface area contributed by atoms with E-state index in [1.165, 1.54) is 11.8 Å². The zero-order valence-corrected chi connectivity index (χ0v) is 20.6. The van der Waals surface area contributed by atoms with Crippen molar-refractivity contribution in [1.82, 2.24) is 14.9 Å². The van der Waals surface area contributed by atoms with Gasteiger partial charge in [-0.25, -0.2) is 13.1 Å². The Kier molecular flexibility index (Phi) is 10.2.